The van der Waals surface area contributed by atoms with E-state index < -0.39 is 17.5 Å². The Morgan fingerprint density at radius 1 is 1.13 bits per heavy atom. The number of benzene rings is 3. The van der Waals surface area contributed by atoms with Gasteiger partial charge in [-0.05, 0) is 53.4 Å². The summed E-state index contributed by atoms with van der Waals surface area (Å²) in [6.07, 6.45) is 0.674. The topological polar surface area (TPSA) is 110 Å². The van der Waals surface area contributed by atoms with Gasteiger partial charge in [0.15, 0.2) is 11.6 Å². The van der Waals surface area contributed by atoms with E-state index >= 15 is 8.78 Å². The lowest BCUT2D eigenvalue weighted by Gasteiger charge is -2.18. The summed E-state index contributed by atoms with van der Waals surface area (Å²) >= 11 is 0. The van der Waals surface area contributed by atoms with E-state index in [4.69, 9.17) is 15.7 Å². The summed E-state index contributed by atoms with van der Waals surface area (Å²) in [5.74, 6) is -3.33. The largest absolute Gasteiger partial charge is 0.383 e. The second-order valence-electron chi connectivity index (χ2n) is 9.09. The molecule has 1 aliphatic rings. The molecule has 0 radical (unpaired) electrons. The van der Waals surface area contributed by atoms with E-state index in [1.165, 1.54) is 48.2 Å². The number of ether oxygens (including phenoxy) is 1. The Morgan fingerprint density at radius 2 is 1.95 bits per heavy atom. The van der Waals surface area contributed by atoms with Gasteiger partial charge in [-0.1, -0.05) is 17.3 Å². The monoisotopic (exact) mass is 520 g/mol. The van der Waals surface area contributed by atoms with Gasteiger partial charge in [0.05, 0.1) is 18.7 Å². The number of hydrogen-bond acceptors (Lipinski definition) is 6. The number of aromatic nitrogens is 3. The van der Waals surface area contributed by atoms with Crippen molar-refractivity contribution in [3.63, 3.8) is 0 Å². The Hall–Kier alpha value is -4.27. The molecule has 4 aromatic rings. The van der Waals surface area contributed by atoms with E-state index in [0.717, 1.165) is 6.07 Å². The number of rotatable bonds is 6. The summed E-state index contributed by atoms with van der Waals surface area (Å²) in [6.45, 7) is 1.30. The minimum atomic E-state index is -1.14. The lowest BCUT2D eigenvalue weighted by Crippen LogP contribution is -2.31. The van der Waals surface area contributed by atoms with Gasteiger partial charge in [0.1, 0.15) is 22.9 Å². The molecule has 2 N–H and O–H groups in total. The van der Waals surface area contributed by atoms with Gasteiger partial charge in [-0.2, -0.15) is 5.26 Å². The maximum atomic E-state index is 15.6. The molecule has 38 heavy (non-hydrogen) atoms. The molecular formula is C27H23F3N6O2. The van der Waals surface area contributed by atoms with E-state index in [-0.39, 0.29) is 69.5 Å². The standard InChI is InChI=1S/C27H23F3N6O2/c1-38-9-8-36-26-23(33-34-36)12-21(24(29)25(26)30)19-5-4-16(27(37)35-7-6-18(32)14-35)10-20(19)15-2-3-17(13-31)22(28)11-15/h2-5,10-12,18H,6-9,14,32H2,1H3. The second-order valence-corrected chi connectivity index (χ2v) is 9.09. The Balaban J connectivity index is 1.68. The van der Waals surface area contributed by atoms with Gasteiger partial charge >= 0.3 is 0 Å². The van der Waals surface area contributed by atoms with Gasteiger partial charge in [0.2, 0.25) is 0 Å². The summed E-state index contributed by atoms with van der Waals surface area (Å²) in [7, 11) is 1.48. The number of carbonyl (C=O) groups excluding carboxylic acids is 1. The zero-order valence-electron chi connectivity index (χ0n) is 20.4. The molecule has 0 spiro atoms. The van der Waals surface area contributed by atoms with E-state index in [9.17, 15) is 9.18 Å². The van der Waals surface area contributed by atoms with Gasteiger partial charge in [-0.15, -0.1) is 5.10 Å². The molecule has 1 unspecified atom stereocenters. The minimum absolute atomic E-state index is 0.105. The van der Waals surface area contributed by atoms with Crippen LogP contribution in [0.25, 0.3) is 33.3 Å². The molecule has 1 saturated heterocycles. The average Bonchev–Trinajstić information content (AvgIpc) is 3.54. The number of halogens is 3. The molecule has 1 aliphatic heterocycles. The van der Waals surface area contributed by atoms with Gasteiger partial charge in [-0.3, -0.25) is 4.79 Å². The first-order valence-corrected chi connectivity index (χ1v) is 11.9. The Labute approximate surface area is 216 Å². The Morgan fingerprint density at radius 3 is 2.63 bits per heavy atom. The molecule has 5 rings (SSSR count). The highest BCUT2D eigenvalue weighted by atomic mass is 19.2. The zero-order chi connectivity index (χ0) is 27.0. The first-order valence-electron chi connectivity index (χ1n) is 11.9. The van der Waals surface area contributed by atoms with Gasteiger partial charge < -0.3 is 15.4 Å². The van der Waals surface area contributed by atoms with Crippen LogP contribution >= 0.6 is 0 Å². The highest BCUT2D eigenvalue weighted by Gasteiger charge is 2.27. The normalized spacial score (nSPS) is 15.3. The van der Waals surface area contributed by atoms with Crippen LogP contribution in [0, 0.1) is 28.8 Å². The summed E-state index contributed by atoms with van der Waals surface area (Å²) in [6, 6.07) is 11.4. The fraction of sp³-hybridized carbons (Fsp3) is 0.259. The minimum Gasteiger partial charge on any atom is -0.383 e. The van der Waals surface area contributed by atoms with Crippen molar-refractivity contribution in [1.29, 1.82) is 5.26 Å². The lowest BCUT2D eigenvalue weighted by atomic mass is 9.91. The molecule has 1 fully saturated rings. The van der Waals surface area contributed by atoms with Gasteiger partial charge in [0.25, 0.3) is 5.91 Å². The average molecular weight is 521 g/mol. The van der Waals surface area contributed by atoms with Crippen molar-refractivity contribution in [1.82, 2.24) is 19.9 Å². The van der Waals surface area contributed by atoms with Crippen LogP contribution in [-0.4, -0.2) is 58.6 Å². The van der Waals surface area contributed by atoms with Crippen LogP contribution in [0.2, 0.25) is 0 Å². The van der Waals surface area contributed by atoms with Crippen LogP contribution < -0.4 is 5.73 Å². The van der Waals surface area contributed by atoms with Crippen LogP contribution in [-0.2, 0) is 11.3 Å². The molecule has 0 aliphatic carbocycles. The maximum Gasteiger partial charge on any atom is 0.253 e. The molecule has 3 aromatic carbocycles. The molecule has 11 heteroatoms. The van der Waals surface area contributed by atoms with Crippen LogP contribution in [0.15, 0.2) is 42.5 Å². The quantitative estimate of drug-likeness (QED) is 0.413. The van der Waals surface area contributed by atoms with Crippen molar-refractivity contribution >= 4 is 16.9 Å². The predicted octanol–water partition coefficient (Wildman–Crippen LogP) is 3.87. The van der Waals surface area contributed by atoms with Crippen molar-refractivity contribution < 1.29 is 22.7 Å². The highest BCUT2D eigenvalue weighted by molar-refractivity contribution is 5.98. The number of nitriles is 1. The Bertz CT molecular complexity index is 1600. The molecular weight excluding hydrogens is 497 g/mol. The molecule has 1 atom stereocenters. The van der Waals surface area contributed by atoms with E-state index in [0.29, 0.717) is 19.5 Å². The van der Waals surface area contributed by atoms with Crippen molar-refractivity contribution in [2.45, 2.75) is 19.0 Å². The van der Waals surface area contributed by atoms with Crippen molar-refractivity contribution in [3.8, 4) is 28.3 Å². The van der Waals surface area contributed by atoms with E-state index in [1.54, 1.807) is 11.0 Å². The van der Waals surface area contributed by atoms with Crippen LogP contribution in [0.3, 0.4) is 0 Å². The van der Waals surface area contributed by atoms with Crippen molar-refractivity contribution in [2.75, 3.05) is 26.8 Å². The van der Waals surface area contributed by atoms with E-state index in [1.807, 2.05) is 0 Å². The van der Waals surface area contributed by atoms with Crippen molar-refractivity contribution in [3.05, 3.63) is 71.0 Å². The number of carbonyl (C=O) groups is 1. The van der Waals surface area contributed by atoms with Gasteiger partial charge in [0, 0.05) is 37.4 Å². The highest BCUT2D eigenvalue weighted by Crippen LogP contribution is 2.38. The van der Waals surface area contributed by atoms with Gasteiger partial charge in [-0.25, -0.2) is 17.9 Å². The van der Waals surface area contributed by atoms with Crippen LogP contribution in [0.1, 0.15) is 22.3 Å². The Kier molecular flexibility index (Phi) is 6.84. The lowest BCUT2D eigenvalue weighted by molar-refractivity contribution is 0.0791. The summed E-state index contributed by atoms with van der Waals surface area (Å²) in [5, 5.41) is 17.0. The molecule has 1 amide bonds. The number of likely N-dealkylation sites (tertiary alicyclic amines) is 1. The number of fused-ring (bicyclic) bond motifs is 1. The predicted molar refractivity (Wildman–Crippen MR) is 133 cm³/mol. The smallest absolute Gasteiger partial charge is 0.253 e. The SMILES string of the molecule is COCCn1nnc2cc(-c3ccc(C(=O)N4CCC(N)C4)cc3-c3ccc(C#N)c(F)c3)c(F)c(F)c21. The molecule has 2 heterocycles. The molecule has 0 saturated carbocycles. The molecule has 8 nitrogen and oxygen atoms in total. The third-order valence-electron chi connectivity index (χ3n) is 6.66. The first-order chi connectivity index (χ1) is 18.3. The number of amides is 1. The van der Waals surface area contributed by atoms with Crippen molar-refractivity contribution in [2.24, 2.45) is 5.73 Å². The molecule has 1 aromatic heterocycles. The summed E-state index contributed by atoms with van der Waals surface area (Å²) in [4.78, 5) is 14.8. The zero-order valence-corrected chi connectivity index (χ0v) is 20.4. The summed E-state index contributed by atoms with van der Waals surface area (Å²) in [5.41, 5.74) is 6.75. The summed E-state index contributed by atoms with van der Waals surface area (Å²) < 4.78 is 51.7. The number of nitrogens with two attached hydrogens (primary N) is 1. The first kappa shape index (κ1) is 25.4. The second kappa shape index (κ2) is 10.2. The fourth-order valence-electron chi connectivity index (χ4n) is 4.68. The van der Waals surface area contributed by atoms with E-state index in [2.05, 4.69) is 10.3 Å². The molecule has 194 valence electrons. The number of methoxy groups -OCH3 is 1. The van der Waals surface area contributed by atoms with Crippen LogP contribution in [0.4, 0.5) is 13.2 Å². The third-order valence-corrected chi connectivity index (χ3v) is 6.66. The third kappa shape index (κ3) is 4.49. The van der Waals surface area contributed by atoms with Crippen LogP contribution in [0.5, 0.6) is 0 Å². The number of hydrogen-bond donors (Lipinski definition) is 1. The number of nitrogens with zero attached hydrogens (tertiary/aromatic N) is 5. The molecule has 0 bridgehead atoms. The maximum absolute atomic E-state index is 15.6. The fourth-order valence-corrected chi connectivity index (χ4v) is 4.68.